The molecule has 2 unspecified atom stereocenters. The maximum absolute atomic E-state index is 15.1. The first-order chi connectivity index (χ1) is 22.9. The van der Waals surface area contributed by atoms with Gasteiger partial charge in [-0.15, -0.1) is 13.2 Å². The first kappa shape index (κ1) is 33.2. The number of rotatable bonds is 13. The zero-order chi connectivity index (χ0) is 33.2. The molecular formula is C39H49N3O5. The van der Waals surface area contributed by atoms with Crippen LogP contribution in [0.15, 0.2) is 86.0 Å². The SMILES string of the molecule is C=CCN(C(=O)[C@H]1[C@H]2C(=O)N([C@@H](CO)Cc3ccccc3)C(C(=O)N(CC=C)C3CCCCC3)C23CC[C@]1(CC)O3)c1ccccc1. The highest BCUT2D eigenvalue weighted by Gasteiger charge is 2.79. The molecule has 250 valence electrons. The lowest BCUT2D eigenvalue weighted by Crippen LogP contribution is -2.60. The van der Waals surface area contributed by atoms with E-state index in [0.29, 0.717) is 32.2 Å². The molecule has 3 amide bonds. The fourth-order valence-corrected chi connectivity index (χ4v) is 9.18. The van der Waals surface area contributed by atoms with E-state index in [1.54, 1.807) is 22.0 Å². The van der Waals surface area contributed by atoms with Gasteiger partial charge in [-0.05, 0) is 56.2 Å². The Balaban J connectivity index is 1.47. The quantitative estimate of drug-likeness (QED) is 0.300. The molecular weight excluding hydrogens is 590 g/mol. The van der Waals surface area contributed by atoms with Crippen LogP contribution < -0.4 is 4.90 Å². The number of aliphatic hydroxyl groups is 1. The van der Waals surface area contributed by atoms with E-state index in [2.05, 4.69) is 13.2 Å². The van der Waals surface area contributed by atoms with Crippen LogP contribution in [0.3, 0.4) is 0 Å². The number of amides is 3. The average Bonchev–Trinajstić information content (AvgIpc) is 3.72. The van der Waals surface area contributed by atoms with Crippen LogP contribution in [0, 0.1) is 11.8 Å². The topological polar surface area (TPSA) is 90.4 Å². The van der Waals surface area contributed by atoms with Gasteiger partial charge < -0.3 is 24.5 Å². The number of hydrogen-bond donors (Lipinski definition) is 1. The number of hydrogen-bond acceptors (Lipinski definition) is 5. The van der Waals surface area contributed by atoms with Crippen LogP contribution in [0.1, 0.15) is 63.9 Å². The monoisotopic (exact) mass is 639 g/mol. The summed E-state index contributed by atoms with van der Waals surface area (Å²) < 4.78 is 7.12. The summed E-state index contributed by atoms with van der Waals surface area (Å²) >= 11 is 0. The lowest BCUT2D eigenvalue weighted by molar-refractivity contribution is -0.157. The number of carbonyl (C=O) groups is 3. The molecule has 8 nitrogen and oxygen atoms in total. The zero-order valence-corrected chi connectivity index (χ0v) is 27.6. The van der Waals surface area contributed by atoms with E-state index in [4.69, 9.17) is 4.74 Å². The molecule has 6 atom stereocenters. The third-order valence-corrected chi connectivity index (χ3v) is 11.3. The fraction of sp³-hybridized carbons (Fsp3) is 0.513. The van der Waals surface area contributed by atoms with Crippen LogP contribution in [-0.2, 0) is 25.5 Å². The predicted octanol–water partition coefficient (Wildman–Crippen LogP) is 5.31. The normalized spacial score (nSPS) is 28.9. The maximum Gasteiger partial charge on any atom is 0.248 e. The summed E-state index contributed by atoms with van der Waals surface area (Å²) in [5, 5.41) is 10.9. The molecule has 3 aliphatic heterocycles. The van der Waals surface area contributed by atoms with E-state index >= 15 is 9.59 Å². The van der Waals surface area contributed by atoms with Gasteiger partial charge in [-0.25, -0.2) is 0 Å². The van der Waals surface area contributed by atoms with Gasteiger partial charge >= 0.3 is 0 Å². The van der Waals surface area contributed by atoms with Crippen molar-refractivity contribution in [1.82, 2.24) is 9.80 Å². The first-order valence-corrected chi connectivity index (χ1v) is 17.4. The summed E-state index contributed by atoms with van der Waals surface area (Å²) in [7, 11) is 0. The molecule has 8 heteroatoms. The Morgan fingerprint density at radius 1 is 0.979 bits per heavy atom. The molecule has 3 saturated heterocycles. The lowest BCUT2D eigenvalue weighted by Gasteiger charge is -2.42. The molecule has 6 rings (SSSR count). The lowest BCUT2D eigenvalue weighted by atomic mass is 9.64. The van der Waals surface area contributed by atoms with Gasteiger partial charge in [0.1, 0.15) is 11.6 Å². The van der Waals surface area contributed by atoms with Crippen molar-refractivity contribution in [2.75, 3.05) is 24.6 Å². The van der Waals surface area contributed by atoms with Crippen LogP contribution in [0.2, 0.25) is 0 Å². The number of ether oxygens (including phenoxy) is 1. The molecule has 47 heavy (non-hydrogen) atoms. The van der Waals surface area contributed by atoms with Gasteiger partial charge in [-0.3, -0.25) is 14.4 Å². The van der Waals surface area contributed by atoms with Crippen LogP contribution in [0.25, 0.3) is 0 Å². The Kier molecular flexibility index (Phi) is 9.72. The van der Waals surface area contributed by atoms with Crippen molar-refractivity contribution in [3.8, 4) is 0 Å². The molecule has 0 radical (unpaired) electrons. The van der Waals surface area contributed by atoms with E-state index in [1.165, 1.54) is 0 Å². The Morgan fingerprint density at radius 3 is 2.26 bits per heavy atom. The fourth-order valence-electron chi connectivity index (χ4n) is 9.18. The van der Waals surface area contributed by atoms with E-state index < -0.39 is 35.1 Å². The smallest absolute Gasteiger partial charge is 0.248 e. The average molecular weight is 640 g/mol. The molecule has 2 aromatic carbocycles. The summed E-state index contributed by atoms with van der Waals surface area (Å²) in [5.41, 5.74) is -0.376. The van der Waals surface area contributed by atoms with Crippen LogP contribution >= 0.6 is 0 Å². The van der Waals surface area contributed by atoms with Crippen LogP contribution in [0.5, 0.6) is 0 Å². The van der Waals surface area contributed by atoms with Gasteiger partial charge in [0.05, 0.1) is 30.1 Å². The largest absolute Gasteiger partial charge is 0.394 e. The second-order valence-electron chi connectivity index (χ2n) is 13.7. The van der Waals surface area contributed by atoms with Gasteiger partial charge in [0.15, 0.2) is 0 Å². The molecule has 4 aliphatic rings. The highest BCUT2D eigenvalue weighted by atomic mass is 16.5. The zero-order valence-electron chi connectivity index (χ0n) is 27.6. The number of anilines is 1. The number of aliphatic hydroxyl groups excluding tert-OH is 1. The van der Waals surface area contributed by atoms with Gasteiger partial charge in [-0.1, -0.05) is 86.9 Å². The highest BCUT2D eigenvalue weighted by Crippen LogP contribution is 2.65. The summed E-state index contributed by atoms with van der Waals surface area (Å²) in [6.45, 7) is 10.2. The third kappa shape index (κ3) is 5.63. The summed E-state index contributed by atoms with van der Waals surface area (Å²) in [6.07, 6.45) is 10.5. The van der Waals surface area contributed by atoms with Crippen molar-refractivity contribution in [3.05, 3.63) is 91.5 Å². The number of benzene rings is 2. The second kappa shape index (κ2) is 13.8. The molecule has 2 bridgehead atoms. The standard InChI is InChI=1S/C39H49N3O5/c1-4-24-40(29-18-12-8-13-19-29)35(44)32-33-36(45)42(31(27-43)26-28-16-10-7-11-17-28)34(39(33)23-22-38(32,6-3)47-39)37(46)41(25-5-2)30-20-14-9-15-21-30/h4-5,7-8,10-13,16-19,30-34,43H,1-2,6,9,14-15,20-27H2,3H3/t31-,32-,33+,34?,38+,39?/m1/s1. The maximum atomic E-state index is 15.1. The number of fused-ring (bicyclic) bond motifs is 1. The van der Waals surface area contributed by atoms with Crippen molar-refractivity contribution in [2.45, 2.75) is 94.0 Å². The van der Waals surface area contributed by atoms with E-state index in [-0.39, 0.29) is 36.9 Å². The molecule has 3 heterocycles. The Bertz CT molecular complexity index is 1460. The summed E-state index contributed by atoms with van der Waals surface area (Å²) in [6, 6.07) is 17.6. The Labute approximate surface area is 279 Å². The van der Waals surface area contributed by atoms with E-state index in [9.17, 15) is 9.90 Å². The molecule has 1 saturated carbocycles. The Morgan fingerprint density at radius 2 is 1.64 bits per heavy atom. The minimum Gasteiger partial charge on any atom is -0.394 e. The third-order valence-electron chi connectivity index (χ3n) is 11.3. The first-order valence-electron chi connectivity index (χ1n) is 17.4. The van der Waals surface area contributed by atoms with Crippen molar-refractivity contribution in [3.63, 3.8) is 0 Å². The molecule has 4 fully saturated rings. The van der Waals surface area contributed by atoms with Crippen LogP contribution in [-0.4, -0.2) is 81.7 Å². The molecule has 1 aliphatic carbocycles. The van der Waals surface area contributed by atoms with E-state index in [1.807, 2.05) is 72.5 Å². The molecule has 1 N–H and O–H groups in total. The van der Waals surface area contributed by atoms with Crippen molar-refractivity contribution < 1.29 is 24.2 Å². The predicted molar refractivity (Wildman–Crippen MR) is 182 cm³/mol. The van der Waals surface area contributed by atoms with Crippen LogP contribution in [0.4, 0.5) is 5.69 Å². The number of carbonyl (C=O) groups excluding carboxylic acids is 3. The van der Waals surface area contributed by atoms with Gasteiger partial charge in [0, 0.05) is 24.8 Å². The minimum absolute atomic E-state index is 0.0423. The number of likely N-dealkylation sites (tertiary alicyclic amines) is 1. The number of nitrogens with zero attached hydrogens (tertiary/aromatic N) is 3. The van der Waals surface area contributed by atoms with Gasteiger partial charge in [-0.2, -0.15) is 0 Å². The summed E-state index contributed by atoms with van der Waals surface area (Å²) in [5.74, 6) is -2.27. The molecule has 2 aromatic rings. The summed E-state index contributed by atoms with van der Waals surface area (Å²) in [4.78, 5) is 50.3. The molecule has 1 spiro atoms. The van der Waals surface area contributed by atoms with Crippen molar-refractivity contribution in [1.29, 1.82) is 0 Å². The number of para-hydroxylation sites is 1. The van der Waals surface area contributed by atoms with Gasteiger partial charge in [0.2, 0.25) is 17.7 Å². The minimum atomic E-state index is -1.18. The molecule has 0 aromatic heterocycles. The van der Waals surface area contributed by atoms with Gasteiger partial charge in [0.25, 0.3) is 0 Å². The van der Waals surface area contributed by atoms with Crippen molar-refractivity contribution in [2.24, 2.45) is 11.8 Å². The van der Waals surface area contributed by atoms with E-state index in [0.717, 1.165) is 43.4 Å². The Hall–Kier alpha value is -3.75. The van der Waals surface area contributed by atoms with Crippen molar-refractivity contribution >= 4 is 23.4 Å². The highest BCUT2D eigenvalue weighted by molar-refractivity contribution is 6.03. The second-order valence-corrected chi connectivity index (χ2v) is 13.7.